The Balaban J connectivity index is 1.93. The fourth-order valence-electron chi connectivity index (χ4n) is 2.88. The number of rotatable bonds is 3. The molecule has 1 aliphatic rings. The van der Waals surface area contributed by atoms with Crippen LogP contribution in [0.5, 0.6) is 5.75 Å². The lowest BCUT2D eigenvalue weighted by atomic mass is 9.95. The third-order valence-electron chi connectivity index (χ3n) is 4.23. The van der Waals surface area contributed by atoms with E-state index >= 15 is 0 Å². The highest BCUT2D eigenvalue weighted by Gasteiger charge is 2.25. The number of hydrogen-bond acceptors (Lipinski definition) is 3. The fourth-order valence-corrected chi connectivity index (χ4v) is 2.88. The number of carbonyl (C=O) groups is 1. The van der Waals surface area contributed by atoms with Crippen LogP contribution in [0.15, 0.2) is 24.3 Å². The molecule has 0 aromatic heterocycles. The lowest BCUT2D eigenvalue weighted by Gasteiger charge is -2.32. The molecule has 0 atom stereocenters. The van der Waals surface area contributed by atoms with Gasteiger partial charge in [-0.2, -0.15) is 0 Å². The Kier molecular flexibility index (Phi) is 5.92. The van der Waals surface area contributed by atoms with Gasteiger partial charge in [-0.25, -0.2) is 4.79 Å². The average molecular weight is 331 g/mol. The molecule has 2 rings (SSSR count). The predicted octanol–water partition coefficient (Wildman–Crippen LogP) is 4.66. The lowest BCUT2D eigenvalue weighted by molar-refractivity contribution is 0.0197. The van der Waals surface area contributed by atoms with Crippen molar-refractivity contribution in [2.45, 2.75) is 46.1 Å². The molecule has 1 amide bonds. The normalized spacial score (nSPS) is 16.5. The molecule has 1 aromatic rings. The van der Waals surface area contributed by atoms with Crippen LogP contribution >= 0.6 is 0 Å². The molecule has 1 aromatic carbocycles. The quantitative estimate of drug-likeness (QED) is 0.808. The maximum absolute atomic E-state index is 12.1. The number of piperidine rings is 1. The molecule has 1 aliphatic heterocycles. The van der Waals surface area contributed by atoms with Crippen LogP contribution in [0.3, 0.4) is 0 Å². The number of benzene rings is 1. The van der Waals surface area contributed by atoms with Crippen molar-refractivity contribution in [2.24, 2.45) is 5.92 Å². The van der Waals surface area contributed by atoms with Gasteiger partial charge in [-0.05, 0) is 58.1 Å². The number of likely N-dealkylation sites (tertiary alicyclic amines) is 1. The molecule has 0 unspecified atom stereocenters. The van der Waals surface area contributed by atoms with E-state index in [9.17, 15) is 4.79 Å². The van der Waals surface area contributed by atoms with Gasteiger partial charge >= 0.3 is 6.09 Å². The lowest BCUT2D eigenvalue weighted by Crippen LogP contribution is -2.41. The first-order valence-electron chi connectivity index (χ1n) is 8.60. The largest absolute Gasteiger partial charge is 0.496 e. The van der Waals surface area contributed by atoms with Gasteiger partial charge in [-0.3, -0.25) is 0 Å². The second kappa shape index (κ2) is 7.73. The van der Waals surface area contributed by atoms with Crippen molar-refractivity contribution < 1.29 is 14.3 Å². The number of aryl methyl sites for hydroxylation is 1. The molecule has 4 heteroatoms. The van der Waals surface area contributed by atoms with Crippen LogP contribution in [0.4, 0.5) is 4.79 Å². The molecule has 1 fully saturated rings. The number of carbonyl (C=O) groups excluding carboxylic acids is 1. The van der Waals surface area contributed by atoms with E-state index in [4.69, 9.17) is 9.47 Å². The molecular weight excluding hydrogens is 302 g/mol. The fraction of sp³-hybridized carbons (Fsp3) is 0.550. The first kappa shape index (κ1) is 18.4. The van der Waals surface area contributed by atoms with E-state index in [1.54, 1.807) is 7.11 Å². The Hall–Kier alpha value is -1.97. The van der Waals surface area contributed by atoms with E-state index in [1.807, 2.05) is 37.8 Å². The Labute approximate surface area is 145 Å². The Morgan fingerprint density at radius 1 is 1.25 bits per heavy atom. The standard InChI is InChI=1S/C20H29NO3/c1-15-7-6-8-18(23-5)17(15)10-9-16-11-13-21(14-12-16)19(22)24-20(2,3)4/h6-10,16H,11-14H2,1-5H3/b10-9+. The van der Waals surface area contributed by atoms with Crippen molar-refractivity contribution in [3.8, 4) is 5.75 Å². The van der Waals surface area contributed by atoms with Crippen LogP contribution in [-0.2, 0) is 4.74 Å². The van der Waals surface area contributed by atoms with Gasteiger partial charge in [-0.15, -0.1) is 0 Å². The second-order valence-corrected chi connectivity index (χ2v) is 7.35. The number of allylic oxidation sites excluding steroid dienone is 1. The summed E-state index contributed by atoms with van der Waals surface area (Å²) in [7, 11) is 1.70. The molecule has 0 aliphatic carbocycles. The smallest absolute Gasteiger partial charge is 0.410 e. The minimum Gasteiger partial charge on any atom is -0.496 e. The summed E-state index contributed by atoms with van der Waals surface area (Å²) in [6.45, 7) is 9.28. The van der Waals surface area contributed by atoms with E-state index in [2.05, 4.69) is 25.1 Å². The Bertz CT molecular complexity index is 593. The van der Waals surface area contributed by atoms with Gasteiger partial charge < -0.3 is 14.4 Å². The van der Waals surface area contributed by atoms with Gasteiger partial charge in [0, 0.05) is 18.7 Å². The Morgan fingerprint density at radius 3 is 2.50 bits per heavy atom. The molecule has 0 spiro atoms. The molecule has 24 heavy (non-hydrogen) atoms. The van der Waals surface area contributed by atoms with Gasteiger partial charge in [0.05, 0.1) is 7.11 Å². The highest BCUT2D eigenvalue weighted by Crippen LogP contribution is 2.26. The summed E-state index contributed by atoms with van der Waals surface area (Å²) in [4.78, 5) is 13.9. The van der Waals surface area contributed by atoms with Crippen molar-refractivity contribution in [1.29, 1.82) is 0 Å². The summed E-state index contributed by atoms with van der Waals surface area (Å²) in [5.41, 5.74) is 1.90. The zero-order chi connectivity index (χ0) is 17.7. The van der Waals surface area contributed by atoms with Gasteiger partial charge in [0.25, 0.3) is 0 Å². The number of amides is 1. The van der Waals surface area contributed by atoms with Crippen LogP contribution in [0.1, 0.15) is 44.7 Å². The third-order valence-corrected chi connectivity index (χ3v) is 4.23. The van der Waals surface area contributed by atoms with E-state index in [0.29, 0.717) is 5.92 Å². The molecular formula is C20H29NO3. The number of ether oxygens (including phenoxy) is 2. The van der Waals surface area contributed by atoms with E-state index in [0.717, 1.165) is 37.2 Å². The van der Waals surface area contributed by atoms with Gasteiger partial charge in [-0.1, -0.05) is 24.3 Å². The van der Waals surface area contributed by atoms with Crippen molar-refractivity contribution in [2.75, 3.05) is 20.2 Å². The molecule has 0 saturated carbocycles. The van der Waals surface area contributed by atoms with Crippen LogP contribution in [0.2, 0.25) is 0 Å². The molecule has 1 heterocycles. The summed E-state index contributed by atoms with van der Waals surface area (Å²) in [6.07, 6.45) is 6.12. The SMILES string of the molecule is COc1cccc(C)c1/C=C/C1CCN(C(=O)OC(C)(C)C)CC1. The van der Waals surface area contributed by atoms with E-state index in [-0.39, 0.29) is 6.09 Å². The van der Waals surface area contributed by atoms with Gasteiger partial charge in [0.15, 0.2) is 0 Å². The van der Waals surface area contributed by atoms with Crippen molar-refractivity contribution in [1.82, 2.24) is 4.90 Å². The third kappa shape index (κ3) is 5.02. The van der Waals surface area contributed by atoms with Crippen molar-refractivity contribution in [3.63, 3.8) is 0 Å². The van der Waals surface area contributed by atoms with E-state index < -0.39 is 5.60 Å². The zero-order valence-electron chi connectivity index (χ0n) is 15.5. The first-order valence-corrected chi connectivity index (χ1v) is 8.60. The molecule has 132 valence electrons. The molecule has 0 bridgehead atoms. The molecule has 1 saturated heterocycles. The molecule has 0 radical (unpaired) electrons. The Morgan fingerprint density at radius 2 is 1.92 bits per heavy atom. The topological polar surface area (TPSA) is 38.8 Å². The first-order chi connectivity index (χ1) is 11.3. The number of hydrogen-bond donors (Lipinski definition) is 0. The highest BCUT2D eigenvalue weighted by molar-refractivity contribution is 5.68. The maximum Gasteiger partial charge on any atom is 0.410 e. The van der Waals surface area contributed by atoms with Crippen LogP contribution in [-0.4, -0.2) is 36.8 Å². The highest BCUT2D eigenvalue weighted by atomic mass is 16.6. The van der Waals surface area contributed by atoms with E-state index in [1.165, 1.54) is 5.56 Å². The summed E-state index contributed by atoms with van der Waals surface area (Å²) >= 11 is 0. The molecule has 0 N–H and O–H groups in total. The number of methoxy groups -OCH3 is 1. The van der Waals surface area contributed by atoms with Gasteiger partial charge in [0.1, 0.15) is 11.4 Å². The summed E-state index contributed by atoms with van der Waals surface area (Å²) in [5.74, 6) is 1.38. The van der Waals surface area contributed by atoms with Gasteiger partial charge in [0.2, 0.25) is 0 Å². The second-order valence-electron chi connectivity index (χ2n) is 7.35. The summed E-state index contributed by atoms with van der Waals surface area (Å²) in [6, 6.07) is 6.08. The summed E-state index contributed by atoms with van der Waals surface area (Å²) in [5, 5.41) is 0. The van der Waals surface area contributed by atoms with Crippen LogP contribution in [0.25, 0.3) is 6.08 Å². The maximum atomic E-state index is 12.1. The monoisotopic (exact) mass is 331 g/mol. The number of nitrogens with zero attached hydrogens (tertiary/aromatic N) is 1. The van der Waals surface area contributed by atoms with Crippen molar-refractivity contribution >= 4 is 12.2 Å². The summed E-state index contributed by atoms with van der Waals surface area (Å²) < 4.78 is 10.9. The predicted molar refractivity (Wildman–Crippen MR) is 97.3 cm³/mol. The van der Waals surface area contributed by atoms with Crippen molar-refractivity contribution in [3.05, 3.63) is 35.4 Å². The van der Waals surface area contributed by atoms with Crippen LogP contribution < -0.4 is 4.74 Å². The molecule has 4 nitrogen and oxygen atoms in total. The zero-order valence-corrected chi connectivity index (χ0v) is 15.5. The van der Waals surface area contributed by atoms with Crippen LogP contribution in [0, 0.1) is 12.8 Å². The average Bonchev–Trinajstić information content (AvgIpc) is 2.52. The minimum atomic E-state index is -0.435. The minimum absolute atomic E-state index is 0.203.